The molecule has 9 nitrogen and oxygen atoms in total. The minimum atomic E-state index is -0.750. The zero-order valence-electron chi connectivity index (χ0n) is 20.2. The number of hydrogen-bond acceptors (Lipinski definition) is 6. The Morgan fingerprint density at radius 3 is 2.81 bits per heavy atom. The average molecular weight is 514 g/mol. The number of carbonyl (C=O) groups is 1. The van der Waals surface area contributed by atoms with E-state index in [9.17, 15) is 9.59 Å². The van der Waals surface area contributed by atoms with Gasteiger partial charge in [0.25, 0.3) is 11.5 Å². The number of nitrogens with zero attached hydrogens (tertiary/aromatic N) is 4. The molecule has 1 atom stereocenters. The summed E-state index contributed by atoms with van der Waals surface area (Å²) < 4.78 is 8.65. The SMILES string of the molecule is O=C(Nc1ccn(CCCO)n1)C(CC1CCCC1)n1ncc(OCCc2ccccc2Cl)cc1=O. The normalized spacial score (nSPS) is 14.6. The standard InChI is InChI=1S/C26H32ClN5O4/c27-22-9-4-3-8-20(22)11-15-36-21-17-25(34)32(28-18-21)23(16-19-6-1-2-7-19)26(35)29-24-10-13-31(30-24)12-5-14-33/h3-4,8-10,13,17-19,23,33H,1-2,5-7,11-12,14-16H2,(H,29,30,35). The number of aliphatic hydroxyl groups is 1. The summed E-state index contributed by atoms with van der Waals surface area (Å²) in [6.45, 7) is 0.968. The van der Waals surface area contributed by atoms with E-state index >= 15 is 0 Å². The predicted molar refractivity (Wildman–Crippen MR) is 137 cm³/mol. The van der Waals surface area contributed by atoms with Gasteiger partial charge in [-0.25, -0.2) is 4.68 Å². The molecular weight excluding hydrogens is 482 g/mol. The van der Waals surface area contributed by atoms with Crippen molar-refractivity contribution in [2.75, 3.05) is 18.5 Å². The van der Waals surface area contributed by atoms with E-state index in [-0.39, 0.29) is 12.5 Å². The Labute approximate surface area is 215 Å². The van der Waals surface area contributed by atoms with Crippen LogP contribution >= 0.6 is 11.6 Å². The van der Waals surface area contributed by atoms with Crippen molar-refractivity contribution in [3.63, 3.8) is 0 Å². The maximum absolute atomic E-state index is 13.3. The molecule has 0 bridgehead atoms. The van der Waals surface area contributed by atoms with Crippen molar-refractivity contribution in [1.82, 2.24) is 19.6 Å². The van der Waals surface area contributed by atoms with Crippen LogP contribution in [-0.2, 0) is 17.8 Å². The van der Waals surface area contributed by atoms with Crippen LogP contribution in [0, 0.1) is 5.92 Å². The lowest BCUT2D eigenvalue weighted by Gasteiger charge is -2.21. The van der Waals surface area contributed by atoms with E-state index in [0.717, 1.165) is 31.2 Å². The van der Waals surface area contributed by atoms with E-state index < -0.39 is 11.6 Å². The lowest BCUT2D eigenvalue weighted by Crippen LogP contribution is -2.36. The molecule has 1 amide bonds. The second-order valence-corrected chi connectivity index (χ2v) is 9.50. The lowest BCUT2D eigenvalue weighted by molar-refractivity contribution is -0.120. The summed E-state index contributed by atoms with van der Waals surface area (Å²) in [5, 5.41) is 21.2. The summed E-state index contributed by atoms with van der Waals surface area (Å²) in [5.74, 6) is 0.798. The molecule has 0 spiro atoms. The third-order valence-corrected chi connectivity index (χ3v) is 6.83. The maximum atomic E-state index is 13.3. The van der Waals surface area contributed by atoms with Crippen molar-refractivity contribution < 1.29 is 14.6 Å². The molecule has 0 saturated heterocycles. The van der Waals surface area contributed by atoms with Gasteiger partial charge in [-0.3, -0.25) is 14.3 Å². The van der Waals surface area contributed by atoms with Gasteiger partial charge in [-0.1, -0.05) is 55.5 Å². The molecule has 1 fully saturated rings. The van der Waals surface area contributed by atoms with E-state index in [1.807, 2.05) is 24.3 Å². The number of anilines is 1. The third kappa shape index (κ3) is 6.95. The highest BCUT2D eigenvalue weighted by atomic mass is 35.5. The smallest absolute Gasteiger partial charge is 0.271 e. The highest BCUT2D eigenvalue weighted by molar-refractivity contribution is 6.31. The maximum Gasteiger partial charge on any atom is 0.271 e. The van der Waals surface area contributed by atoms with E-state index in [1.54, 1.807) is 16.9 Å². The summed E-state index contributed by atoms with van der Waals surface area (Å²) in [4.78, 5) is 26.3. The molecule has 2 heterocycles. The number of benzene rings is 1. The first-order chi connectivity index (χ1) is 17.5. The first-order valence-electron chi connectivity index (χ1n) is 12.4. The van der Waals surface area contributed by atoms with Gasteiger partial charge in [0.05, 0.1) is 12.8 Å². The number of aromatic nitrogens is 4. The van der Waals surface area contributed by atoms with Crippen LogP contribution in [0.5, 0.6) is 5.75 Å². The fraction of sp³-hybridized carbons (Fsp3) is 0.462. The van der Waals surface area contributed by atoms with Crippen molar-refractivity contribution in [2.24, 2.45) is 5.92 Å². The van der Waals surface area contributed by atoms with Gasteiger partial charge in [0.1, 0.15) is 11.8 Å². The van der Waals surface area contributed by atoms with Gasteiger partial charge >= 0.3 is 0 Å². The number of ether oxygens (including phenoxy) is 1. The molecule has 1 unspecified atom stereocenters. The quantitative estimate of drug-likeness (QED) is 0.380. The molecule has 1 aromatic carbocycles. The molecule has 36 heavy (non-hydrogen) atoms. The fourth-order valence-electron chi connectivity index (χ4n) is 4.57. The van der Waals surface area contributed by atoms with E-state index in [0.29, 0.717) is 54.9 Å². The Morgan fingerprint density at radius 2 is 2.06 bits per heavy atom. The Kier molecular flexibility index (Phi) is 9.13. The fourth-order valence-corrected chi connectivity index (χ4v) is 4.80. The molecule has 2 aromatic heterocycles. The Bertz CT molecular complexity index is 1200. The van der Waals surface area contributed by atoms with Gasteiger partial charge < -0.3 is 15.2 Å². The Balaban J connectivity index is 1.45. The molecule has 1 aliphatic rings. The van der Waals surface area contributed by atoms with Crippen LogP contribution in [0.2, 0.25) is 5.02 Å². The number of aryl methyl sites for hydroxylation is 1. The second-order valence-electron chi connectivity index (χ2n) is 9.10. The number of hydrogen-bond donors (Lipinski definition) is 2. The van der Waals surface area contributed by atoms with Crippen molar-refractivity contribution in [3.05, 3.63) is 69.7 Å². The number of nitrogens with one attached hydrogen (secondary N) is 1. The summed E-state index contributed by atoms with van der Waals surface area (Å²) >= 11 is 6.19. The van der Waals surface area contributed by atoms with Crippen molar-refractivity contribution in [2.45, 2.75) is 57.5 Å². The molecule has 4 rings (SSSR count). The minimum Gasteiger partial charge on any atom is -0.491 e. The van der Waals surface area contributed by atoms with Crippen LogP contribution in [0.25, 0.3) is 0 Å². The van der Waals surface area contributed by atoms with Gasteiger partial charge in [0.2, 0.25) is 0 Å². The summed E-state index contributed by atoms with van der Waals surface area (Å²) in [7, 11) is 0. The van der Waals surface area contributed by atoms with Crippen molar-refractivity contribution in [3.8, 4) is 5.75 Å². The van der Waals surface area contributed by atoms with Crippen molar-refractivity contribution >= 4 is 23.3 Å². The number of halogens is 1. The van der Waals surface area contributed by atoms with Gasteiger partial charge in [-0.05, 0) is 30.4 Å². The van der Waals surface area contributed by atoms with E-state index in [1.165, 1.54) is 16.9 Å². The van der Waals surface area contributed by atoms with Crippen LogP contribution in [0.3, 0.4) is 0 Å². The molecule has 192 valence electrons. The number of carbonyl (C=O) groups excluding carboxylic acids is 1. The van der Waals surface area contributed by atoms with Crippen LogP contribution < -0.4 is 15.6 Å². The van der Waals surface area contributed by atoms with Gasteiger partial charge in [0.15, 0.2) is 5.82 Å². The summed E-state index contributed by atoms with van der Waals surface area (Å²) in [5.41, 5.74) is 0.574. The second kappa shape index (κ2) is 12.7. The number of aliphatic hydroxyl groups excluding tert-OH is 1. The first-order valence-corrected chi connectivity index (χ1v) is 12.8. The summed E-state index contributed by atoms with van der Waals surface area (Å²) in [6, 6.07) is 9.88. The minimum absolute atomic E-state index is 0.0688. The first kappa shape index (κ1) is 25.9. The van der Waals surface area contributed by atoms with E-state index in [4.69, 9.17) is 21.4 Å². The molecule has 3 aromatic rings. The zero-order valence-corrected chi connectivity index (χ0v) is 20.9. The van der Waals surface area contributed by atoms with Crippen LogP contribution in [0.15, 0.2) is 53.6 Å². The average Bonchev–Trinajstić information content (AvgIpc) is 3.55. The topological polar surface area (TPSA) is 111 Å². The summed E-state index contributed by atoms with van der Waals surface area (Å²) in [6.07, 6.45) is 9.28. The Morgan fingerprint density at radius 1 is 1.25 bits per heavy atom. The molecular formula is C26H32ClN5O4. The molecule has 0 aliphatic heterocycles. The van der Waals surface area contributed by atoms with E-state index in [2.05, 4.69) is 15.5 Å². The van der Waals surface area contributed by atoms with Crippen LogP contribution in [-0.4, -0.2) is 43.8 Å². The van der Waals surface area contributed by atoms with Gasteiger partial charge in [-0.15, -0.1) is 0 Å². The highest BCUT2D eigenvalue weighted by Gasteiger charge is 2.29. The zero-order chi connectivity index (χ0) is 25.3. The molecule has 2 N–H and O–H groups in total. The number of amides is 1. The van der Waals surface area contributed by atoms with Crippen LogP contribution in [0.4, 0.5) is 5.82 Å². The lowest BCUT2D eigenvalue weighted by atomic mass is 9.98. The largest absolute Gasteiger partial charge is 0.491 e. The third-order valence-electron chi connectivity index (χ3n) is 6.47. The van der Waals surface area contributed by atoms with Crippen molar-refractivity contribution in [1.29, 1.82) is 0 Å². The molecule has 0 radical (unpaired) electrons. The molecule has 1 aliphatic carbocycles. The Hall–Kier alpha value is -3.17. The van der Waals surface area contributed by atoms with Gasteiger partial charge in [-0.2, -0.15) is 10.2 Å². The highest BCUT2D eigenvalue weighted by Crippen LogP contribution is 2.32. The molecule has 1 saturated carbocycles. The number of rotatable bonds is 12. The predicted octanol–water partition coefficient (Wildman–Crippen LogP) is 3.86. The van der Waals surface area contributed by atoms with Crippen LogP contribution in [0.1, 0.15) is 50.1 Å². The monoisotopic (exact) mass is 513 g/mol. The van der Waals surface area contributed by atoms with Gasteiger partial charge in [0, 0.05) is 42.9 Å². The molecule has 10 heteroatoms.